The van der Waals surface area contributed by atoms with E-state index in [4.69, 9.17) is 14.9 Å². The van der Waals surface area contributed by atoms with Gasteiger partial charge in [-0.25, -0.2) is 0 Å². The second-order valence-corrected chi connectivity index (χ2v) is 6.49. The molecule has 6 heteroatoms. The van der Waals surface area contributed by atoms with E-state index in [1.54, 1.807) is 30.3 Å². The van der Waals surface area contributed by atoms with Gasteiger partial charge in [0.1, 0.15) is 23.7 Å². The number of rotatable bonds is 7. The van der Waals surface area contributed by atoms with E-state index in [1.807, 2.05) is 19.9 Å². The van der Waals surface area contributed by atoms with Crippen molar-refractivity contribution in [1.29, 1.82) is 0 Å². The lowest BCUT2D eigenvalue weighted by Crippen LogP contribution is -2.13. The molecule has 6 nitrogen and oxygen atoms in total. The predicted octanol–water partition coefficient (Wildman–Crippen LogP) is 2.47. The Morgan fingerprint density at radius 1 is 1.19 bits per heavy atom. The lowest BCUT2D eigenvalue weighted by atomic mass is 9.96. The highest BCUT2D eigenvalue weighted by Gasteiger charge is 2.24. The van der Waals surface area contributed by atoms with Gasteiger partial charge >= 0.3 is 0 Å². The van der Waals surface area contributed by atoms with Crippen molar-refractivity contribution < 1.29 is 24.2 Å². The van der Waals surface area contributed by atoms with E-state index in [1.165, 1.54) is 0 Å². The Morgan fingerprint density at radius 3 is 2.48 bits per heavy atom. The fraction of sp³-hybridized carbons (Fsp3) is 0.286. The Balaban J connectivity index is 2.08. The fourth-order valence-corrected chi connectivity index (χ4v) is 3.27. The molecular formula is C21H23NO5. The van der Waals surface area contributed by atoms with Gasteiger partial charge in [0.15, 0.2) is 12.1 Å². The number of hydrogen-bond donors (Lipinski definition) is 3. The summed E-state index contributed by atoms with van der Waals surface area (Å²) in [7, 11) is 0. The van der Waals surface area contributed by atoms with Crippen LogP contribution >= 0.6 is 0 Å². The van der Waals surface area contributed by atoms with Gasteiger partial charge in [0.05, 0.1) is 12.0 Å². The number of ether oxygens (including phenoxy) is 1. The first-order valence-corrected chi connectivity index (χ1v) is 8.77. The third kappa shape index (κ3) is 3.88. The van der Waals surface area contributed by atoms with Crippen LogP contribution in [0.15, 0.2) is 40.8 Å². The molecule has 0 spiro atoms. The van der Waals surface area contributed by atoms with Gasteiger partial charge in [-0.15, -0.1) is 0 Å². The van der Waals surface area contributed by atoms with E-state index >= 15 is 0 Å². The van der Waals surface area contributed by atoms with Crippen LogP contribution in [0.4, 0.5) is 0 Å². The second-order valence-electron chi connectivity index (χ2n) is 6.49. The minimum atomic E-state index is -1.60. The number of aryl methyl sites for hydroxylation is 2. The smallest absolute Gasteiger partial charge is 0.197 e. The van der Waals surface area contributed by atoms with E-state index in [-0.39, 0.29) is 18.0 Å². The molecule has 2 aromatic carbocycles. The number of fused-ring (bicyclic) bond motifs is 1. The molecule has 142 valence electrons. The third-order valence-electron chi connectivity index (χ3n) is 4.35. The van der Waals surface area contributed by atoms with Crippen LogP contribution < -0.4 is 10.5 Å². The molecule has 27 heavy (non-hydrogen) atoms. The molecule has 1 heterocycles. The number of hydrogen-bond acceptors (Lipinski definition) is 6. The van der Waals surface area contributed by atoms with Crippen molar-refractivity contribution >= 4 is 16.8 Å². The standard InChI is InChI=1S/C21H23NO5/c1-12-9-14(10-13(2)21(12)26-8-7-22)20(25)19-15-5-3-4-6-16(15)27-17(19)11-18(23)24/h3-6,9-10,18,23-24H,7-8,11,22H2,1-2H3. The lowest BCUT2D eigenvalue weighted by molar-refractivity contribution is -0.0411. The summed E-state index contributed by atoms with van der Waals surface area (Å²) in [4.78, 5) is 13.3. The molecule has 0 saturated heterocycles. The Bertz CT molecular complexity index is 951. The Morgan fingerprint density at radius 2 is 1.85 bits per heavy atom. The molecule has 4 N–H and O–H groups in total. The maximum Gasteiger partial charge on any atom is 0.197 e. The average Bonchev–Trinajstić information content (AvgIpc) is 2.97. The van der Waals surface area contributed by atoms with Crippen LogP contribution in [0, 0.1) is 13.8 Å². The second kappa shape index (κ2) is 7.92. The molecule has 3 aromatic rings. The average molecular weight is 369 g/mol. The number of aliphatic hydroxyl groups is 2. The third-order valence-corrected chi connectivity index (χ3v) is 4.35. The monoisotopic (exact) mass is 369 g/mol. The van der Waals surface area contributed by atoms with Crippen molar-refractivity contribution in [3.63, 3.8) is 0 Å². The summed E-state index contributed by atoms with van der Waals surface area (Å²) in [5.74, 6) is 0.752. The summed E-state index contributed by atoms with van der Waals surface area (Å²) in [5, 5.41) is 19.4. The van der Waals surface area contributed by atoms with Crippen molar-refractivity contribution in [1.82, 2.24) is 0 Å². The van der Waals surface area contributed by atoms with E-state index in [2.05, 4.69) is 0 Å². The minimum Gasteiger partial charge on any atom is -0.492 e. The summed E-state index contributed by atoms with van der Waals surface area (Å²) < 4.78 is 11.4. The van der Waals surface area contributed by atoms with Crippen LogP contribution in [0.5, 0.6) is 5.75 Å². The van der Waals surface area contributed by atoms with Crippen molar-refractivity contribution in [3.8, 4) is 5.75 Å². The molecule has 0 radical (unpaired) electrons. The fourth-order valence-electron chi connectivity index (χ4n) is 3.27. The Kier molecular flexibility index (Phi) is 5.60. The number of nitrogens with two attached hydrogens (primary N) is 1. The van der Waals surface area contributed by atoms with Gasteiger partial charge in [0.25, 0.3) is 0 Å². The first kappa shape index (κ1) is 19.1. The molecule has 0 fully saturated rings. The highest BCUT2D eigenvalue weighted by molar-refractivity contribution is 6.17. The first-order valence-electron chi connectivity index (χ1n) is 8.77. The van der Waals surface area contributed by atoms with E-state index < -0.39 is 6.29 Å². The maximum absolute atomic E-state index is 13.3. The number of carbonyl (C=O) groups is 1. The number of benzene rings is 2. The highest BCUT2D eigenvalue weighted by Crippen LogP contribution is 2.31. The van der Waals surface area contributed by atoms with Crippen LogP contribution in [0.25, 0.3) is 11.0 Å². The molecule has 0 atom stereocenters. The van der Waals surface area contributed by atoms with Gasteiger partial charge in [-0.2, -0.15) is 0 Å². The quantitative estimate of drug-likeness (QED) is 0.436. The topological polar surface area (TPSA) is 106 Å². The van der Waals surface area contributed by atoms with E-state index in [9.17, 15) is 15.0 Å². The number of ketones is 1. The van der Waals surface area contributed by atoms with Crippen molar-refractivity contribution in [2.45, 2.75) is 26.6 Å². The summed E-state index contributed by atoms with van der Waals surface area (Å²) in [6, 6.07) is 10.7. The Labute approximate surface area is 157 Å². The van der Waals surface area contributed by atoms with Crippen molar-refractivity contribution in [2.24, 2.45) is 5.73 Å². The zero-order valence-electron chi connectivity index (χ0n) is 15.4. The molecule has 3 rings (SSSR count). The van der Waals surface area contributed by atoms with E-state index in [0.29, 0.717) is 35.2 Å². The molecule has 1 aromatic heterocycles. The molecule has 0 amide bonds. The largest absolute Gasteiger partial charge is 0.492 e. The zero-order chi connectivity index (χ0) is 19.6. The van der Waals surface area contributed by atoms with Crippen LogP contribution in [0.3, 0.4) is 0 Å². The SMILES string of the molecule is Cc1cc(C(=O)c2c(CC(O)O)oc3ccccc23)cc(C)c1OCCN. The van der Waals surface area contributed by atoms with Crippen molar-refractivity contribution in [3.05, 3.63) is 64.4 Å². The number of para-hydroxylation sites is 1. The van der Waals surface area contributed by atoms with Gasteiger partial charge in [0, 0.05) is 17.5 Å². The molecule has 0 aliphatic rings. The number of furan rings is 1. The summed E-state index contributed by atoms with van der Waals surface area (Å²) >= 11 is 0. The lowest BCUT2D eigenvalue weighted by Gasteiger charge is -2.13. The molecular weight excluding hydrogens is 346 g/mol. The van der Waals surface area contributed by atoms with Gasteiger partial charge in [-0.3, -0.25) is 4.79 Å². The number of carbonyl (C=O) groups excluding carboxylic acids is 1. The van der Waals surface area contributed by atoms with Crippen LogP contribution in [-0.2, 0) is 6.42 Å². The molecule has 0 aliphatic carbocycles. The summed E-state index contributed by atoms with van der Waals surface area (Å²) in [5.41, 5.74) is 8.55. The zero-order valence-corrected chi connectivity index (χ0v) is 15.4. The normalized spacial score (nSPS) is 11.3. The molecule has 0 saturated carbocycles. The number of aliphatic hydroxyl groups excluding tert-OH is 1. The van der Waals surface area contributed by atoms with E-state index in [0.717, 1.165) is 16.9 Å². The van der Waals surface area contributed by atoms with Crippen molar-refractivity contribution in [2.75, 3.05) is 13.2 Å². The Hall–Kier alpha value is -2.67. The van der Waals surface area contributed by atoms with Gasteiger partial charge in [-0.05, 0) is 43.2 Å². The maximum atomic E-state index is 13.3. The molecule has 0 aliphatic heterocycles. The highest BCUT2D eigenvalue weighted by atomic mass is 16.5. The van der Waals surface area contributed by atoms with Crippen LogP contribution in [0.2, 0.25) is 0 Å². The molecule has 0 bridgehead atoms. The molecule has 0 unspecified atom stereocenters. The van der Waals surface area contributed by atoms with Gasteiger partial charge in [-0.1, -0.05) is 18.2 Å². The van der Waals surface area contributed by atoms with Gasteiger partial charge in [0.2, 0.25) is 0 Å². The minimum absolute atomic E-state index is 0.161. The summed E-state index contributed by atoms with van der Waals surface area (Å²) in [6.07, 6.45) is -1.77. The summed E-state index contributed by atoms with van der Waals surface area (Å²) in [6.45, 7) is 4.57. The van der Waals surface area contributed by atoms with Gasteiger partial charge < -0.3 is 25.1 Å². The van der Waals surface area contributed by atoms with Crippen LogP contribution in [-0.4, -0.2) is 35.4 Å². The first-order chi connectivity index (χ1) is 12.9. The van der Waals surface area contributed by atoms with Crippen LogP contribution in [0.1, 0.15) is 32.8 Å². The predicted molar refractivity (Wildman–Crippen MR) is 102 cm³/mol.